The number of amides is 1. The molecular weight excluding hydrogens is 327 g/mol. The molecule has 1 N–H and O–H groups in total. The van der Waals surface area contributed by atoms with Crippen LogP contribution in [-0.2, 0) is 11.0 Å². The van der Waals surface area contributed by atoms with Gasteiger partial charge in [0.25, 0.3) is 0 Å². The van der Waals surface area contributed by atoms with Gasteiger partial charge in [-0.15, -0.1) is 0 Å². The molecule has 19 heavy (non-hydrogen) atoms. The molecule has 1 aromatic rings. The van der Waals surface area contributed by atoms with Gasteiger partial charge in [-0.25, -0.2) is 0 Å². The van der Waals surface area contributed by atoms with Crippen molar-refractivity contribution in [3.05, 3.63) is 28.2 Å². The third-order valence-electron chi connectivity index (χ3n) is 3.03. The summed E-state index contributed by atoms with van der Waals surface area (Å²) in [5.74, 6) is -0.506. The van der Waals surface area contributed by atoms with Gasteiger partial charge in [0, 0.05) is 30.0 Å². The Labute approximate surface area is 116 Å². The number of rotatable bonds is 2. The van der Waals surface area contributed by atoms with Crippen molar-refractivity contribution in [2.24, 2.45) is 5.92 Å². The fraction of sp³-hybridized carbons (Fsp3) is 0.417. The van der Waals surface area contributed by atoms with E-state index in [0.717, 1.165) is 12.1 Å². The summed E-state index contributed by atoms with van der Waals surface area (Å²) < 4.78 is 38.4. The number of carbonyl (C=O) groups is 1. The first-order valence-corrected chi connectivity index (χ1v) is 6.40. The highest BCUT2D eigenvalue weighted by atomic mass is 79.9. The Kier molecular flexibility index (Phi) is 3.87. The summed E-state index contributed by atoms with van der Waals surface area (Å²) in [5.41, 5.74) is -0.610. The maximum Gasteiger partial charge on any atom is 0.416 e. The Morgan fingerprint density at radius 3 is 2.63 bits per heavy atom. The summed E-state index contributed by atoms with van der Waals surface area (Å²) in [4.78, 5) is 13.0. The van der Waals surface area contributed by atoms with Gasteiger partial charge in [-0.05, 0) is 34.1 Å². The van der Waals surface area contributed by atoms with Crippen LogP contribution in [0.25, 0.3) is 0 Å². The van der Waals surface area contributed by atoms with Gasteiger partial charge in [0.2, 0.25) is 5.91 Å². The second-order valence-electron chi connectivity index (χ2n) is 4.42. The van der Waals surface area contributed by atoms with E-state index in [9.17, 15) is 18.0 Å². The lowest BCUT2D eigenvalue weighted by molar-refractivity contribution is -0.137. The molecule has 1 unspecified atom stereocenters. The quantitative estimate of drug-likeness (QED) is 0.901. The summed E-state index contributed by atoms with van der Waals surface area (Å²) in [6, 6.07) is 3.18. The van der Waals surface area contributed by atoms with Gasteiger partial charge in [0.15, 0.2) is 0 Å². The molecule has 1 aliphatic rings. The molecule has 0 spiro atoms. The zero-order chi connectivity index (χ0) is 14.2. The third-order valence-corrected chi connectivity index (χ3v) is 3.70. The van der Waals surface area contributed by atoms with E-state index in [0.29, 0.717) is 4.47 Å². The van der Waals surface area contributed by atoms with Crippen LogP contribution in [0.4, 0.5) is 18.9 Å². The maximum atomic E-state index is 12.7. The number of aliphatic hydroxyl groups excluding tert-OH is 1. The zero-order valence-corrected chi connectivity index (χ0v) is 11.3. The Balaban J connectivity index is 2.37. The number of aliphatic hydroxyl groups is 1. The van der Waals surface area contributed by atoms with E-state index >= 15 is 0 Å². The molecule has 1 saturated heterocycles. The van der Waals surface area contributed by atoms with Gasteiger partial charge in [0.05, 0.1) is 11.3 Å². The zero-order valence-electron chi connectivity index (χ0n) is 9.75. The van der Waals surface area contributed by atoms with Crippen LogP contribution in [-0.4, -0.2) is 24.2 Å². The minimum atomic E-state index is -4.45. The Hall–Kier alpha value is -1.08. The van der Waals surface area contributed by atoms with E-state index in [1.165, 1.54) is 11.0 Å². The van der Waals surface area contributed by atoms with Crippen molar-refractivity contribution in [2.45, 2.75) is 12.6 Å². The summed E-state index contributed by atoms with van der Waals surface area (Å²) in [7, 11) is 0. The number of carbonyl (C=O) groups excluding carboxylic acids is 1. The summed E-state index contributed by atoms with van der Waals surface area (Å²) in [6.07, 6.45) is -4.30. The van der Waals surface area contributed by atoms with Gasteiger partial charge in [-0.2, -0.15) is 13.2 Å². The number of alkyl halides is 3. The molecule has 0 saturated carbocycles. The first kappa shape index (κ1) is 14.3. The summed E-state index contributed by atoms with van der Waals surface area (Å²) in [5, 5.41) is 9.03. The molecule has 0 radical (unpaired) electrons. The number of hydrogen-bond acceptors (Lipinski definition) is 2. The molecule has 2 rings (SSSR count). The standard InChI is InChI=1S/C12H11BrF3NO2/c13-9-2-1-8(12(14,15)16)4-10(9)17-5-7(6-18)3-11(17)19/h1-2,4,7,18H,3,5-6H2. The largest absolute Gasteiger partial charge is 0.416 e. The normalized spacial score (nSPS) is 20.2. The number of hydrogen-bond donors (Lipinski definition) is 1. The molecule has 0 aliphatic carbocycles. The number of nitrogens with zero attached hydrogens (tertiary/aromatic N) is 1. The van der Waals surface area contributed by atoms with Crippen LogP contribution in [0.2, 0.25) is 0 Å². The van der Waals surface area contributed by atoms with Crippen LogP contribution in [0, 0.1) is 5.92 Å². The van der Waals surface area contributed by atoms with Crippen molar-refractivity contribution in [2.75, 3.05) is 18.1 Å². The Bertz CT molecular complexity index is 504. The molecule has 1 fully saturated rings. The average Bonchev–Trinajstić information content (AvgIpc) is 2.69. The van der Waals surface area contributed by atoms with Gasteiger partial charge >= 0.3 is 6.18 Å². The topological polar surface area (TPSA) is 40.5 Å². The van der Waals surface area contributed by atoms with Gasteiger partial charge in [0.1, 0.15) is 0 Å². The molecule has 1 heterocycles. The molecule has 1 amide bonds. The molecule has 104 valence electrons. The molecule has 7 heteroatoms. The summed E-state index contributed by atoms with van der Waals surface area (Å²) in [6.45, 7) is 0.0774. The van der Waals surface area contributed by atoms with Crippen LogP contribution in [0.3, 0.4) is 0 Å². The highest BCUT2D eigenvalue weighted by molar-refractivity contribution is 9.10. The van der Waals surface area contributed by atoms with Crippen LogP contribution in [0.15, 0.2) is 22.7 Å². The van der Waals surface area contributed by atoms with E-state index in [2.05, 4.69) is 15.9 Å². The first-order valence-electron chi connectivity index (χ1n) is 5.61. The molecule has 0 bridgehead atoms. The lowest BCUT2D eigenvalue weighted by atomic mass is 10.1. The first-order chi connectivity index (χ1) is 8.82. The van der Waals surface area contributed by atoms with E-state index in [4.69, 9.17) is 5.11 Å². The van der Waals surface area contributed by atoms with Crippen LogP contribution < -0.4 is 4.90 Å². The Morgan fingerprint density at radius 2 is 2.11 bits per heavy atom. The average molecular weight is 338 g/mol. The van der Waals surface area contributed by atoms with Gasteiger partial charge in [-0.1, -0.05) is 0 Å². The second-order valence-corrected chi connectivity index (χ2v) is 5.28. The van der Waals surface area contributed by atoms with Crippen molar-refractivity contribution in [3.63, 3.8) is 0 Å². The van der Waals surface area contributed by atoms with E-state index in [1.54, 1.807) is 0 Å². The van der Waals surface area contributed by atoms with Crippen LogP contribution >= 0.6 is 15.9 Å². The predicted octanol–water partition coefficient (Wildman–Crippen LogP) is 2.81. The van der Waals surface area contributed by atoms with Crippen molar-refractivity contribution >= 4 is 27.5 Å². The lowest BCUT2D eigenvalue weighted by Crippen LogP contribution is -2.25. The molecule has 1 atom stereocenters. The van der Waals surface area contributed by atoms with Crippen molar-refractivity contribution in [1.29, 1.82) is 0 Å². The second kappa shape index (κ2) is 5.13. The fourth-order valence-electron chi connectivity index (χ4n) is 2.03. The summed E-state index contributed by atoms with van der Waals surface area (Å²) >= 11 is 3.15. The SMILES string of the molecule is O=C1CC(CO)CN1c1cc(C(F)(F)F)ccc1Br. The van der Waals surface area contributed by atoms with Crippen molar-refractivity contribution in [1.82, 2.24) is 0 Å². The lowest BCUT2D eigenvalue weighted by Gasteiger charge is -2.20. The molecular formula is C12H11BrF3NO2. The monoisotopic (exact) mass is 337 g/mol. The van der Waals surface area contributed by atoms with Gasteiger partial charge < -0.3 is 10.0 Å². The van der Waals surface area contributed by atoms with Crippen LogP contribution in [0.1, 0.15) is 12.0 Å². The molecule has 0 aromatic heterocycles. The number of halogens is 4. The molecule has 1 aromatic carbocycles. The number of benzene rings is 1. The minimum absolute atomic E-state index is 0.152. The van der Waals surface area contributed by atoms with E-state index < -0.39 is 11.7 Å². The fourth-order valence-corrected chi connectivity index (χ4v) is 2.49. The minimum Gasteiger partial charge on any atom is -0.396 e. The van der Waals surface area contributed by atoms with E-state index in [1.807, 2.05) is 0 Å². The molecule has 1 aliphatic heterocycles. The van der Waals surface area contributed by atoms with Crippen LogP contribution in [0.5, 0.6) is 0 Å². The smallest absolute Gasteiger partial charge is 0.396 e. The predicted molar refractivity (Wildman–Crippen MR) is 66.7 cm³/mol. The maximum absolute atomic E-state index is 12.7. The van der Waals surface area contributed by atoms with Crippen molar-refractivity contribution in [3.8, 4) is 0 Å². The Morgan fingerprint density at radius 1 is 1.42 bits per heavy atom. The van der Waals surface area contributed by atoms with E-state index in [-0.39, 0.29) is 37.1 Å². The highest BCUT2D eigenvalue weighted by Gasteiger charge is 2.35. The molecule has 3 nitrogen and oxygen atoms in total. The highest BCUT2D eigenvalue weighted by Crippen LogP contribution is 2.37. The number of anilines is 1. The van der Waals surface area contributed by atoms with Gasteiger partial charge in [-0.3, -0.25) is 4.79 Å². The van der Waals surface area contributed by atoms with Crippen molar-refractivity contribution < 1.29 is 23.1 Å². The third kappa shape index (κ3) is 2.92.